The summed E-state index contributed by atoms with van der Waals surface area (Å²) in [7, 11) is 0. The highest BCUT2D eigenvalue weighted by Crippen LogP contribution is 2.21. The van der Waals surface area contributed by atoms with Gasteiger partial charge < -0.3 is 4.74 Å². The second-order valence-corrected chi connectivity index (χ2v) is 6.73. The number of ether oxygens (including phenoxy) is 1. The highest BCUT2D eigenvalue weighted by Gasteiger charge is 2.08. The van der Waals surface area contributed by atoms with Crippen molar-refractivity contribution in [3.05, 3.63) is 70.3 Å². The van der Waals surface area contributed by atoms with Gasteiger partial charge in [0.25, 0.3) is 5.91 Å². The summed E-state index contributed by atoms with van der Waals surface area (Å²) in [4.78, 5) is 23.7. The molecule has 0 saturated heterocycles. The maximum absolute atomic E-state index is 11.9. The summed E-state index contributed by atoms with van der Waals surface area (Å²) < 4.78 is 5.54. The van der Waals surface area contributed by atoms with Crippen molar-refractivity contribution in [2.75, 3.05) is 6.61 Å². The van der Waals surface area contributed by atoms with Gasteiger partial charge in [-0.1, -0.05) is 41.9 Å². The van der Waals surface area contributed by atoms with Gasteiger partial charge in [0, 0.05) is 11.1 Å². The normalized spacial score (nSPS) is 10.4. The fourth-order valence-corrected chi connectivity index (χ4v) is 2.54. The van der Waals surface area contributed by atoms with Crippen LogP contribution in [0.4, 0.5) is 0 Å². The summed E-state index contributed by atoms with van der Waals surface area (Å²) in [6, 6.07) is 12.7. The summed E-state index contributed by atoms with van der Waals surface area (Å²) >= 11 is 10.8. The van der Waals surface area contributed by atoms with Crippen molar-refractivity contribution in [2.24, 2.45) is 0 Å². The highest BCUT2D eigenvalue weighted by molar-refractivity contribution is 7.80. The van der Waals surface area contributed by atoms with Gasteiger partial charge >= 0.3 is 0 Å². The molecule has 0 aliphatic carbocycles. The minimum atomic E-state index is -0.437. The number of carbonyl (C=O) groups excluding carboxylic acids is 2. The number of rotatable bonds is 5. The van der Waals surface area contributed by atoms with Gasteiger partial charge in [-0.2, -0.15) is 0 Å². The molecule has 0 unspecified atom stereocenters. The average Bonchev–Trinajstić information content (AvgIpc) is 2.65. The summed E-state index contributed by atoms with van der Waals surface area (Å²) in [5.74, 6) is -0.203. The zero-order valence-corrected chi connectivity index (χ0v) is 17.0. The number of halogens is 1. The van der Waals surface area contributed by atoms with Gasteiger partial charge in [-0.15, -0.1) is 0 Å². The molecule has 2 rings (SSSR count). The van der Waals surface area contributed by atoms with Gasteiger partial charge in [-0.3, -0.25) is 25.8 Å². The van der Waals surface area contributed by atoms with Crippen LogP contribution in [0.5, 0.6) is 5.75 Å². The monoisotopic (exact) mass is 417 g/mol. The first-order valence-corrected chi connectivity index (χ1v) is 9.16. The van der Waals surface area contributed by atoms with Crippen LogP contribution in [0.3, 0.4) is 0 Å². The molecule has 0 aromatic heterocycles. The second kappa shape index (κ2) is 10.4. The number of aryl methyl sites for hydroxylation is 2. The third kappa shape index (κ3) is 7.02. The van der Waals surface area contributed by atoms with E-state index in [9.17, 15) is 9.59 Å². The van der Waals surface area contributed by atoms with Crippen molar-refractivity contribution in [3.8, 4) is 5.75 Å². The van der Waals surface area contributed by atoms with Crippen molar-refractivity contribution in [1.29, 1.82) is 0 Å². The molecule has 0 radical (unpaired) electrons. The lowest BCUT2D eigenvalue weighted by atomic mass is 10.1. The number of hydrogen-bond acceptors (Lipinski definition) is 4. The van der Waals surface area contributed by atoms with Gasteiger partial charge in [-0.05, 0) is 61.0 Å². The van der Waals surface area contributed by atoms with E-state index in [0.717, 1.165) is 16.7 Å². The third-order valence-electron chi connectivity index (χ3n) is 3.61. The Hall–Kier alpha value is -2.90. The number of hydrazine groups is 1. The predicted octanol–water partition coefficient (Wildman–Crippen LogP) is 3.07. The first-order valence-electron chi connectivity index (χ1n) is 8.37. The molecular formula is C20H20ClN3O3S. The first-order chi connectivity index (χ1) is 13.3. The van der Waals surface area contributed by atoms with Crippen LogP contribution in [-0.2, 0) is 9.59 Å². The highest BCUT2D eigenvalue weighted by atomic mass is 35.5. The van der Waals surface area contributed by atoms with Gasteiger partial charge in [-0.25, -0.2) is 0 Å². The van der Waals surface area contributed by atoms with E-state index in [1.54, 1.807) is 30.3 Å². The SMILES string of the molecule is Cc1cccc(C)c1OCC(=O)NNC(=S)NC(=O)/C=C/c1ccc(Cl)cc1. The lowest BCUT2D eigenvalue weighted by molar-refractivity contribution is -0.123. The minimum Gasteiger partial charge on any atom is -0.483 e. The summed E-state index contributed by atoms with van der Waals surface area (Å²) in [6.07, 6.45) is 2.94. The van der Waals surface area contributed by atoms with Crippen LogP contribution in [0.15, 0.2) is 48.5 Å². The Morgan fingerprint density at radius 3 is 2.36 bits per heavy atom. The maximum atomic E-state index is 11.9. The molecule has 0 atom stereocenters. The molecule has 2 amide bonds. The van der Waals surface area contributed by atoms with E-state index in [-0.39, 0.29) is 11.7 Å². The Labute approximate surface area is 173 Å². The van der Waals surface area contributed by atoms with Crippen LogP contribution < -0.4 is 20.9 Å². The van der Waals surface area contributed by atoms with E-state index >= 15 is 0 Å². The zero-order valence-electron chi connectivity index (χ0n) is 15.4. The molecule has 146 valence electrons. The quantitative estimate of drug-likeness (QED) is 0.396. The van der Waals surface area contributed by atoms with E-state index in [1.165, 1.54) is 6.08 Å². The smallest absolute Gasteiger partial charge is 0.276 e. The lowest BCUT2D eigenvalue weighted by Gasteiger charge is -2.13. The molecule has 0 aliphatic heterocycles. The molecule has 28 heavy (non-hydrogen) atoms. The third-order valence-corrected chi connectivity index (χ3v) is 4.06. The molecule has 8 heteroatoms. The molecule has 3 N–H and O–H groups in total. The Morgan fingerprint density at radius 1 is 1.07 bits per heavy atom. The molecule has 2 aromatic rings. The standard InChI is InChI=1S/C20H20ClN3O3S/c1-13-4-3-5-14(2)19(13)27-12-18(26)23-24-20(28)22-17(25)11-8-15-6-9-16(21)10-7-15/h3-11H,12H2,1-2H3,(H,23,26)(H2,22,24,25,28)/b11-8+. The van der Waals surface area contributed by atoms with E-state index in [1.807, 2.05) is 32.0 Å². The van der Waals surface area contributed by atoms with E-state index < -0.39 is 11.8 Å². The Bertz CT molecular complexity index is 878. The number of hydrogen-bond donors (Lipinski definition) is 3. The molecule has 0 fully saturated rings. The number of benzene rings is 2. The van der Waals surface area contributed by atoms with Crippen LogP contribution in [0.25, 0.3) is 6.08 Å². The predicted molar refractivity (Wildman–Crippen MR) is 114 cm³/mol. The van der Waals surface area contributed by atoms with Crippen molar-refractivity contribution in [1.82, 2.24) is 16.2 Å². The van der Waals surface area contributed by atoms with E-state index in [0.29, 0.717) is 10.8 Å². The molecule has 0 bridgehead atoms. The Morgan fingerprint density at radius 2 is 1.71 bits per heavy atom. The van der Waals surface area contributed by atoms with E-state index in [2.05, 4.69) is 16.2 Å². The van der Waals surface area contributed by atoms with Crippen LogP contribution in [-0.4, -0.2) is 23.5 Å². The molecule has 0 aliphatic rings. The lowest BCUT2D eigenvalue weighted by Crippen LogP contribution is -2.49. The van der Waals surface area contributed by atoms with Crippen LogP contribution in [0.1, 0.15) is 16.7 Å². The largest absolute Gasteiger partial charge is 0.483 e. The van der Waals surface area contributed by atoms with Crippen molar-refractivity contribution < 1.29 is 14.3 Å². The fraction of sp³-hybridized carbons (Fsp3) is 0.150. The molecule has 0 spiro atoms. The first kappa shape index (κ1) is 21.4. The van der Waals surface area contributed by atoms with E-state index in [4.69, 9.17) is 28.6 Å². The van der Waals surface area contributed by atoms with Gasteiger partial charge in [0.15, 0.2) is 11.7 Å². The summed E-state index contributed by atoms with van der Waals surface area (Å²) in [6.45, 7) is 3.62. The maximum Gasteiger partial charge on any atom is 0.276 e. The van der Waals surface area contributed by atoms with Gasteiger partial charge in [0.1, 0.15) is 5.75 Å². The Balaban J connectivity index is 1.73. The molecule has 0 saturated carbocycles. The molecule has 2 aromatic carbocycles. The number of para-hydroxylation sites is 1. The minimum absolute atomic E-state index is 0.0359. The summed E-state index contributed by atoms with van der Waals surface area (Å²) in [5, 5.41) is 3.00. The average molecular weight is 418 g/mol. The van der Waals surface area contributed by atoms with Gasteiger partial charge in [0.2, 0.25) is 5.91 Å². The number of nitrogens with one attached hydrogen (secondary N) is 3. The van der Waals surface area contributed by atoms with Crippen LogP contribution >= 0.6 is 23.8 Å². The Kier molecular flexibility index (Phi) is 7.98. The molecule has 0 heterocycles. The number of thiocarbonyl (C=S) groups is 1. The van der Waals surface area contributed by atoms with Crippen LogP contribution in [0, 0.1) is 13.8 Å². The zero-order chi connectivity index (χ0) is 20.5. The second-order valence-electron chi connectivity index (χ2n) is 5.89. The number of amides is 2. The molecular weight excluding hydrogens is 398 g/mol. The van der Waals surface area contributed by atoms with Crippen molar-refractivity contribution >= 4 is 46.8 Å². The summed E-state index contributed by atoms with van der Waals surface area (Å²) in [5.41, 5.74) is 7.52. The van der Waals surface area contributed by atoms with Crippen LogP contribution in [0.2, 0.25) is 5.02 Å². The van der Waals surface area contributed by atoms with Gasteiger partial charge in [0.05, 0.1) is 0 Å². The number of carbonyl (C=O) groups is 2. The topological polar surface area (TPSA) is 79.5 Å². The molecule has 6 nitrogen and oxygen atoms in total. The van der Waals surface area contributed by atoms with Crippen molar-refractivity contribution in [2.45, 2.75) is 13.8 Å². The van der Waals surface area contributed by atoms with Crippen molar-refractivity contribution in [3.63, 3.8) is 0 Å². The fourth-order valence-electron chi connectivity index (χ4n) is 2.26.